The summed E-state index contributed by atoms with van der Waals surface area (Å²) < 4.78 is 18.5. The van der Waals surface area contributed by atoms with Crippen LogP contribution in [0.4, 0.5) is 4.39 Å². The van der Waals surface area contributed by atoms with Gasteiger partial charge >= 0.3 is 0 Å². The van der Waals surface area contributed by atoms with E-state index in [4.69, 9.17) is 4.74 Å². The Balaban J connectivity index is 1.45. The standard InChI is InChI=1S/C17H24FNO2/c18-15-4-6-16(7-5-15)21-12-11-19-10-9-17(20)8-2-1-3-14(17)13-19/h4-7,14,20H,1-3,8-13H2/t14-,17-/m0/s1. The molecule has 3 rings (SSSR count). The van der Waals surface area contributed by atoms with E-state index in [0.29, 0.717) is 18.3 Å². The van der Waals surface area contributed by atoms with Crippen LogP contribution in [0.2, 0.25) is 0 Å². The minimum absolute atomic E-state index is 0.241. The average molecular weight is 293 g/mol. The van der Waals surface area contributed by atoms with Crippen LogP contribution in [-0.2, 0) is 0 Å². The summed E-state index contributed by atoms with van der Waals surface area (Å²) in [4.78, 5) is 2.38. The van der Waals surface area contributed by atoms with Crippen LogP contribution in [0.1, 0.15) is 32.1 Å². The fourth-order valence-electron chi connectivity index (χ4n) is 3.67. The smallest absolute Gasteiger partial charge is 0.123 e. The van der Waals surface area contributed by atoms with E-state index in [9.17, 15) is 9.50 Å². The third kappa shape index (κ3) is 3.55. The predicted molar refractivity (Wildman–Crippen MR) is 79.9 cm³/mol. The van der Waals surface area contributed by atoms with E-state index >= 15 is 0 Å². The van der Waals surface area contributed by atoms with E-state index in [0.717, 1.165) is 38.9 Å². The maximum atomic E-state index is 12.8. The molecule has 1 saturated heterocycles. The minimum atomic E-state index is -0.410. The first-order chi connectivity index (χ1) is 10.2. The molecule has 2 aliphatic rings. The monoisotopic (exact) mass is 293 g/mol. The van der Waals surface area contributed by atoms with Gasteiger partial charge in [0.25, 0.3) is 0 Å². The van der Waals surface area contributed by atoms with Gasteiger partial charge in [-0.1, -0.05) is 12.8 Å². The molecule has 1 aromatic carbocycles. The van der Waals surface area contributed by atoms with Crippen molar-refractivity contribution in [2.45, 2.75) is 37.7 Å². The highest BCUT2D eigenvalue weighted by molar-refractivity contribution is 5.21. The number of halogens is 1. The molecule has 21 heavy (non-hydrogen) atoms. The second-order valence-electron chi connectivity index (χ2n) is 6.40. The molecule has 3 nitrogen and oxygen atoms in total. The first-order valence-corrected chi connectivity index (χ1v) is 7.99. The highest BCUT2D eigenvalue weighted by Crippen LogP contribution is 2.39. The second-order valence-corrected chi connectivity index (χ2v) is 6.40. The lowest BCUT2D eigenvalue weighted by Gasteiger charge is -2.47. The predicted octanol–water partition coefficient (Wildman–Crippen LogP) is 2.83. The van der Waals surface area contributed by atoms with E-state index in [1.54, 1.807) is 12.1 Å². The van der Waals surface area contributed by atoms with Gasteiger partial charge in [-0.3, -0.25) is 4.90 Å². The van der Waals surface area contributed by atoms with Crippen molar-refractivity contribution in [2.75, 3.05) is 26.2 Å². The van der Waals surface area contributed by atoms with Crippen LogP contribution >= 0.6 is 0 Å². The normalized spacial score (nSPS) is 29.9. The van der Waals surface area contributed by atoms with Gasteiger partial charge in [0, 0.05) is 25.6 Å². The zero-order chi connectivity index (χ0) is 14.7. The molecule has 0 spiro atoms. The number of aliphatic hydroxyl groups is 1. The number of hydrogen-bond acceptors (Lipinski definition) is 3. The largest absolute Gasteiger partial charge is 0.492 e. The van der Waals surface area contributed by atoms with Crippen molar-refractivity contribution in [2.24, 2.45) is 5.92 Å². The number of hydrogen-bond donors (Lipinski definition) is 1. The molecule has 1 heterocycles. The fraction of sp³-hybridized carbons (Fsp3) is 0.647. The first-order valence-electron chi connectivity index (χ1n) is 7.99. The molecule has 0 amide bonds. The molecular weight excluding hydrogens is 269 g/mol. The van der Waals surface area contributed by atoms with Crippen LogP contribution in [0.5, 0.6) is 5.75 Å². The zero-order valence-electron chi connectivity index (χ0n) is 12.4. The number of piperidine rings is 1. The lowest BCUT2D eigenvalue weighted by molar-refractivity contribution is -0.0963. The molecule has 0 bridgehead atoms. The molecular formula is C17H24FNO2. The average Bonchev–Trinajstić information content (AvgIpc) is 2.49. The molecule has 1 aromatic rings. The van der Waals surface area contributed by atoms with Gasteiger partial charge < -0.3 is 9.84 Å². The third-order valence-electron chi connectivity index (χ3n) is 5.00. The molecule has 4 heteroatoms. The first kappa shape index (κ1) is 14.8. The molecule has 1 N–H and O–H groups in total. The molecule has 1 aliphatic carbocycles. The Kier molecular flexibility index (Phi) is 4.45. The number of benzene rings is 1. The van der Waals surface area contributed by atoms with Gasteiger partial charge in [0.1, 0.15) is 18.2 Å². The maximum absolute atomic E-state index is 12.8. The van der Waals surface area contributed by atoms with Crippen molar-refractivity contribution in [3.05, 3.63) is 30.1 Å². The molecule has 1 saturated carbocycles. The SMILES string of the molecule is O[C@]12CCCC[C@H]1CN(CCOc1ccc(F)cc1)CC2. The van der Waals surface area contributed by atoms with Gasteiger partial charge in [-0.15, -0.1) is 0 Å². The maximum Gasteiger partial charge on any atom is 0.123 e. The van der Waals surface area contributed by atoms with E-state index in [1.807, 2.05) is 0 Å². The van der Waals surface area contributed by atoms with Crippen molar-refractivity contribution >= 4 is 0 Å². The molecule has 0 unspecified atom stereocenters. The van der Waals surface area contributed by atoms with Crippen molar-refractivity contribution in [3.63, 3.8) is 0 Å². The molecule has 0 radical (unpaired) electrons. The van der Waals surface area contributed by atoms with Crippen LogP contribution < -0.4 is 4.74 Å². The van der Waals surface area contributed by atoms with Gasteiger partial charge in [-0.25, -0.2) is 4.39 Å². The highest BCUT2D eigenvalue weighted by atomic mass is 19.1. The number of ether oxygens (including phenoxy) is 1. The summed E-state index contributed by atoms with van der Waals surface area (Å²) in [5.41, 5.74) is -0.410. The third-order valence-corrected chi connectivity index (χ3v) is 5.00. The summed E-state index contributed by atoms with van der Waals surface area (Å²) in [7, 11) is 0. The Hall–Kier alpha value is -1.13. The van der Waals surface area contributed by atoms with E-state index in [-0.39, 0.29) is 5.82 Å². The van der Waals surface area contributed by atoms with Gasteiger partial charge in [0.15, 0.2) is 0 Å². The second kappa shape index (κ2) is 6.32. The lowest BCUT2D eigenvalue weighted by atomic mass is 9.71. The fourth-order valence-corrected chi connectivity index (χ4v) is 3.67. The number of rotatable bonds is 4. The summed E-state index contributed by atoms with van der Waals surface area (Å²) in [6, 6.07) is 6.15. The van der Waals surface area contributed by atoms with E-state index in [2.05, 4.69) is 4.90 Å². The Labute approximate surface area is 125 Å². The Morgan fingerprint density at radius 2 is 2.05 bits per heavy atom. The van der Waals surface area contributed by atoms with Gasteiger partial charge in [0.05, 0.1) is 5.60 Å². The number of nitrogens with zero attached hydrogens (tertiary/aromatic N) is 1. The number of likely N-dealkylation sites (tertiary alicyclic amines) is 1. The topological polar surface area (TPSA) is 32.7 Å². The van der Waals surface area contributed by atoms with Crippen molar-refractivity contribution in [1.29, 1.82) is 0 Å². The van der Waals surface area contributed by atoms with Gasteiger partial charge in [-0.2, -0.15) is 0 Å². The quantitative estimate of drug-likeness (QED) is 0.926. The van der Waals surface area contributed by atoms with Crippen molar-refractivity contribution in [3.8, 4) is 5.75 Å². The minimum Gasteiger partial charge on any atom is -0.492 e. The van der Waals surface area contributed by atoms with Crippen LogP contribution in [0, 0.1) is 11.7 Å². The Morgan fingerprint density at radius 1 is 1.24 bits per heavy atom. The van der Waals surface area contributed by atoms with Gasteiger partial charge in [-0.05, 0) is 43.5 Å². The molecule has 116 valence electrons. The molecule has 1 aliphatic heterocycles. The van der Waals surface area contributed by atoms with E-state index in [1.165, 1.54) is 25.0 Å². The molecule has 2 fully saturated rings. The lowest BCUT2D eigenvalue weighted by Crippen LogP contribution is -2.53. The summed E-state index contributed by atoms with van der Waals surface area (Å²) in [5, 5.41) is 10.6. The summed E-state index contributed by atoms with van der Waals surface area (Å²) in [6.45, 7) is 3.39. The summed E-state index contributed by atoms with van der Waals surface area (Å²) in [6.07, 6.45) is 5.41. The molecule has 2 atom stereocenters. The van der Waals surface area contributed by atoms with Crippen molar-refractivity contribution < 1.29 is 14.2 Å². The van der Waals surface area contributed by atoms with Crippen LogP contribution in [0.25, 0.3) is 0 Å². The van der Waals surface area contributed by atoms with Crippen LogP contribution in [-0.4, -0.2) is 41.8 Å². The summed E-state index contributed by atoms with van der Waals surface area (Å²) >= 11 is 0. The van der Waals surface area contributed by atoms with Gasteiger partial charge in [0.2, 0.25) is 0 Å². The zero-order valence-corrected chi connectivity index (χ0v) is 12.4. The van der Waals surface area contributed by atoms with Crippen LogP contribution in [0.15, 0.2) is 24.3 Å². The Bertz CT molecular complexity index is 464. The highest BCUT2D eigenvalue weighted by Gasteiger charge is 2.42. The van der Waals surface area contributed by atoms with E-state index < -0.39 is 5.60 Å². The number of fused-ring (bicyclic) bond motifs is 1. The van der Waals surface area contributed by atoms with Crippen molar-refractivity contribution in [1.82, 2.24) is 4.90 Å². The van der Waals surface area contributed by atoms with Crippen LogP contribution in [0.3, 0.4) is 0 Å². The molecule has 0 aromatic heterocycles. The summed E-state index contributed by atoms with van der Waals surface area (Å²) in [5.74, 6) is 0.892. The Morgan fingerprint density at radius 3 is 2.86 bits per heavy atom.